The Bertz CT molecular complexity index is 958. The Morgan fingerprint density at radius 3 is 2.29 bits per heavy atom. The van der Waals surface area contributed by atoms with Crippen LogP contribution in [0.25, 0.3) is 10.1 Å². The van der Waals surface area contributed by atoms with Crippen molar-refractivity contribution < 1.29 is 14.4 Å². The average Bonchev–Trinajstić information content (AvgIpc) is 2.92. The summed E-state index contributed by atoms with van der Waals surface area (Å²) in [6, 6.07) is 13.7. The summed E-state index contributed by atoms with van der Waals surface area (Å²) < 4.78 is 0.969. The van der Waals surface area contributed by atoms with E-state index >= 15 is 0 Å². The molecular formula is C18H14N2O3S. The molecule has 0 aliphatic rings. The first-order valence-electron chi connectivity index (χ1n) is 7.21. The molecule has 6 heteroatoms. The largest absolute Gasteiger partial charge is 0.366 e. The number of fused-ring (bicyclic) bond motifs is 1. The molecule has 0 saturated heterocycles. The van der Waals surface area contributed by atoms with E-state index in [-0.39, 0.29) is 0 Å². The highest BCUT2D eigenvalue weighted by Crippen LogP contribution is 2.31. The highest BCUT2D eigenvalue weighted by molar-refractivity contribution is 7.21. The van der Waals surface area contributed by atoms with Crippen LogP contribution in [0.15, 0.2) is 48.5 Å². The van der Waals surface area contributed by atoms with E-state index in [4.69, 9.17) is 5.73 Å². The third-order valence-corrected chi connectivity index (χ3v) is 4.96. The van der Waals surface area contributed by atoms with Gasteiger partial charge in [-0.2, -0.15) is 0 Å². The van der Waals surface area contributed by atoms with Gasteiger partial charge in [0.15, 0.2) is 0 Å². The highest BCUT2D eigenvalue weighted by atomic mass is 32.1. The monoisotopic (exact) mass is 338 g/mol. The van der Waals surface area contributed by atoms with Gasteiger partial charge in [0.1, 0.15) is 0 Å². The van der Waals surface area contributed by atoms with Crippen LogP contribution in [-0.2, 0) is 4.79 Å². The third kappa shape index (κ3) is 2.91. The van der Waals surface area contributed by atoms with Crippen molar-refractivity contribution in [3.05, 3.63) is 64.5 Å². The normalized spacial score (nSPS) is 10.5. The summed E-state index contributed by atoms with van der Waals surface area (Å²) in [5, 5.41) is 3.52. The Labute approximate surface area is 142 Å². The van der Waals surface area contributed by atoms with Crippen LogP contribution in [0, 0.1) is 6.92 Å². The fourth-order valence-electron chi connectivity index (χ4n) is 2.40. The van der Waals surface area contributed by atoms with Crippen LogP contribution in [0.3, 0.4) is 0 Å². The van der Waals surface area contributed by atoms with Crippen LogP contribution in [0.1, 0.15) is 25.6 Å². The second-order valence-corrected chi connectivity index (χ2v) is 6.33. The maximum Gasteiger partial charge on any atom is 0.297 e. The Balaban J connectivity index is 1.82. The first-order chi connectivity index (χ1) is 11.5. The van der Waals surface area contributed by atoms with Gasteiger partial charge in [-0.05, 0) is 48.2 Å². The van der Waals surface area contributed by atoms with Crippen molar-refractivity contribution in [3.63, 3.8) is 0 Å². The van der Waals surface area contributed by atoms with Crippen molar-refractivity contribution in [1.29, 1.82) is 0 Å². The van der Waals surface area contributed by atoms with Gasteiger partial charge in [-0.3, -0.25) is 14.4 Å². The lowest BCUT2D eigenvalue weighted by atomic mass is 10.1. The minimum atomic E-state index is -0.712. The van der Waals surface area contributed by atoms with E-state index in [1.807, 2.05) is 31.2 Å². The maximum atomic E-state index is 12.4. The second kappa shape index (κ2) is 6.25. The van der Waals surface area contributed by atoms with E-state index in [0.29, 0.717) is 16.1 Å². The number of ketones is 1. The van der Waals surface area contributed by atoms with E-state index in [2.05, 4.69) is 5.32 Å². The summed E-state index contributed by atoms with van der Waals surface area (Å²) in [5.41, 5.74) is 6.73. The summed E-state index contributed by atoms with van der Waals surface area (Å²) in [4.78, 5) is 36.1. The van der Waals surface area contributed by atoms with Gasteiger partial charge < -0.3 is 11.1 Å². The predicted molar refractivity (Wildman–Crippen MR) is 94.5 cm³/mol. The smallest absolute Gasteiger partial charge is 0.297 e. The first kappa shape index (κ1) is 15.9. The number of amides is 2. The maximum absolute atomic E-state index is 12.4. The summed E-state index contributed by atoms with van der Waals surface area (Å²) >= 11 is 1.31. The summed E-state index contributed by atoms with van der Waals surface area (Å²) in [5.74, 6) is -1.84. The number of carbonyl (C=O) groups excluding carboxylic acids is 3. The van der Waals surface area contributed by atoms with Crippen LogP contribution in [0.4, 0.5) is 5.69 Å². The third-order valence-electron chi connectivity index (χ3n) is 3.68. The van der Waals surface area contributed by atoms with E-state index in [0.717, 1.165) is 15.6 Å². The number of nitrogens with one attached hydrogen (secondary N) is 1. The van der Waals surface area contributed by atoms with Crippen LogP contribution in [0.5, 0.6) is 0 Å². The molecule has 3 N–H and O–H groups in total. The van der Waals surface area contributed by atoms with Gasteiger partial charge in [0.2, 0.25) is 5.91 Å². The topological polar surface area (TPSA) is 89.3 Å². The van der Waals surface area contributed by atoms with Gasteiger partial charge in [0, 0.05) is 16.0 Å². The van der Waals surface area contributed by atoms with Gasteiger partial charge in [-0.25, -0.2) is 0 Å². The van der Waals surface area contributed by atoms with Crippen molar-refractivity contribution >= 4 is 44.7 Å². The molecule has 0 spiro atoms. The first-order valence-corrected chi connectivity index (χ1v) is 8.02. The number of hydrogen-bond donors (Lipinski definition) is 2. The minimum Gasteiger partial charge on any atom is -0.366 e. The number of benzene rings is 2. The van der Waals surface area contributed by atoms with Crippen molar-refractivity contribution in [2.45, 2.75) is 6.92 Å². The Kier molecular flexibility index (Phi) is 4.14. The summed E-state index contributed by atoms with van der Waals surface area (Å²) in [7, 11) is 0. The number of primary amides is 1. The van der Waals surface area contributed by atoms with Gasteiger partial charge in [0.05, 0.1) is 4.88 Å². The van der Waals surface area contributed by atoms with Crippen molar-refractivity contribution in [1.82, 2.24) is 0 Å². The Hall–Kier alpha value is -2.99. The zero-order valence-corrected chi connectivity index (χ0v) is 13.6. The molecule has 0 bridgehead atoms. The standard InChI is InChI=1S/C18H14N2O3S/c1-10-13-4-2-3-5-14(13)24-16(10)15(21)18(23)20-12-8-6-11(7-9-12)17(19)22/h2-9H,1H3,(H2,19,22)(H,20,23). The Morgan fingerprint density at radius 1 is 1.00 bits per heavy atom. The average molecular weight is 338 g/mol. The lowest BCUT2D eigenvalue weighted by molar-refractivity contribution is -0.112. The fraction of sp³-hybridized carbons (Fsp3) is 0.0556. The molecule has 0 fully saturated rings. The van der Waals surface area contributed by atoms with E-state index in [9.17, 15) is 14.4 Å². The molecule has 1 aromatic heterocycles. The summed E-state index contributed by atoms with van der Waals surface area (Å²) in [6.45, 7) is 1.83. The lowest BCUT2D eigenvalue weighted by Crippen LogP contribution is -2.22. The molecule has 3 rings (SSSR count). The number of nitrogens with two attached hydrogens (primary N) is 1. The molecule has 1 heterocycles. The number of rotatable bonds is 4. The number of anilines is 1. The van der Waals surface area contributed by atoms with Crippen molar-refractivity contribution in [2.75, 3.05) is 5.32 Å². The molecule has 0 saturated carbocycles. The van der Waals surface area contributed by atoms with Crippen LogP contribution < -0.4 is 11.1 Å². The number of carbonyl (C=O) groups is 3. The number of aryl methyl sites for hydroxylation is 1. The van der Waals surface area contributed by atoms with E-state index < -0.39 is 17.6 Å². The number of hydrogen-bond acceptors (Lipinski definition) is 4. The molecule has 3 aromatic rings. The van der Waals surface area contributed by atoms with Crippen molar-refractivity contribution in [3.8, 4) is 0 Å². The molecule has 0 unspecified atom stereocenters. The molecule has 2 aromatic carbocycles. The van der Waals surface area contributed by atoms with Gasteiger partial charge in [-0.15, -0.1) is 11.3 Å². The predicted octanol–water partition coefficient (Wildman–Crippen LogP) is 3.13. The molecule has 0 aliphatic carbocycles. The second-order valence-electron chi connectivity index (χ2n) is 5.28. The fourth-order valence-corrected chi connectivity index (χ4v) is 3.55. The molecule has 0 atom stereocenters. The molecular weight excluding hydrogens is 324 g/mol. The van der Waals surface area contributed by atoms with Crippen LogP contribution in [0.2, 0.25) is 0 Å². The van der Waals surface area contributed by atoms with Gasteiger partial charge in [-0.1, -0.05) is 18.2 Å². The van der Waals surface area contributed by atoms with Crippen LogP contribution >= 0.6 is 11.3 Å². The molecule has 120 valence electrons. The highest BCUT2D eigenvalue weighted by Gasteiger charge is 2.22. The van der Waals surface area contributed by atoms with Crippen molar-refractivity contribution in [2.24, 2.45) is 5.73 Å². The SMILES string of the molecule is Cc1c(C(=O)C(=O)Nc2ccc(C(N)=O)cc2)sc2ccccc12. The molecule has 0 aliphatic heterocycles. The Morgan fingerprint density at radius 2 is 1.67 bits per heavy atom. The zero-order valence-electron chi connectivity index (χ0n) is 12.8. The van der Waals surface area contributed by atoms with Gasteiger partial charge >= 0.3 is 0 Å². The molecule has 5 nitrogen and oxygen atoms in total. The molecule has 0 radical (unpaired) electrons. The van der Waals surface area contributed by atoms with E-state index in [1.54, 1.807) is 0 Å². The zero-order chi connectivity index (χ0) is 17.3. The van der Waals surface area contributed by atoms with E-state index in [1.165, 1.54) is 35.6 Å². The van der Waals surface area contributed by atoms with Crippen LogP contribution in [-0.4, -0.2) is 17.6 Å². The van der Waals surface area contributed by atoms with Gasteiger partial charge in [0.25, 0.3) is 11.7 Å². The minimum absolute atomic E-state index is 0.333. The number of Topliss-reactive ketones (excluding diaryl/α,β-unsaturated/α-hetero) is 1. The molecule has 2 amide bonds. The quantitative estimate of drug-likeness (QED) is 0.566. The lowest BCUT2D eigenvalue weighted by Gasteiger charge is -2.04. The number of thiophene rings is 1. The summed E-state index contributed by atoms with van der Waals surface area (Å²) in [6.07, 6.45) is 0. The molecule has 24 heavy (non-hydrogen) atoms.